The zero-order chi connectivity index (χ0) is 22.1. The number of oxime groups is 1. The van der Waals surface area contributed by atoms with Gasteiger partial charge in [-0.25, -0.2) is 4.98 Å². The van der Waals surface area contributed by atoms with E-state index in [0.29, 0.717) is 16.8 Å². The molecule has 9 heteroatoms. The van der Waals surface area contributed by atoms with Gasteiger partial charge in [0.15, 0.2) is 5.69 Å². The van der Waals surface area contributed by atoms with Crippen LogP contribution < -0.4 is 0 Å². The number of benzene rings is 1. The number of carbonyl (C=O) groups is 1. The lowest BCUT2D eigenvalue weighted by molar-refractivity contribution is -0.140. The monoisotopic (exact) mass is 421 g/mol. The van der Waals surface area contributed by atoms with Crippen LogP contribution in [0.3, 0.4) is 0 Å². The van der Waals surface area contributed by atoms with Crippen molar-refractivity contribution in [1.29, 1.82) is 0 Å². The maximum absolute atomic E-state index is 13.8. The molecule has 30 heavy (non-hydrogen) atoms. The average molecular weight is 421 g/mol. The topological polar surface area (TPSA) is 75.0 Å². The molecule has 1 aromatic carbocycles. The van der Waals surface area contributed by atoms with Crippen molar-refractivity contribution in [3.8, 4) is 11.1 Å². The van der Waals surface area contributed by atoms with E-state index in [0.717, 1.165) is 5.56 Å². The second-order valence-electron chi connectivity index (χ2n) is 7.15. The molecule has 6 nitrogen and oxygen atoms in total. The molecule has 2 heterocycles. The molecular weight excluding hydrogens is 399 g/mol. The van der Waals surface area contributed by atoms with Crippen molar-refractivity contribution in [3.63, 3.8) is 0 Å². The van der Waals surface area contributed by atoms with E-state index in [-0.39, 0.29) is 30.8 Å². The van der Waals surface area contributed by atoms with Crippen molar-refractivity contribution in [1.82, 2.24) is 9.88 Å². The molecule has 1 aromatic heterocycles. The molecule has 2 aromatic rings. The first-order valence-electron chi connectivity index (χ1n) is 9.33. The fourth-order valence-electron chi connectivity index (χ4n) is 3.57. The Labute approximate surface area is 172 Å². The SMILES string of the molecule is CO/N=C1\CC(CO)N(C(=O)c2ccc(-c3cccc(C)c3C)c(C(F)(F)F)n2)C1. The Balaban J connectivity index is 2.05. The first-order valence-corrected chi connectivity index (χ1v) is 9.33. The number of aliphatic hydroxyl groups excluding tert-OH is 1. The van der Waals surface area contributed by atoms with E-state index in [4.69, 9.17) is 4.84 Å². The van der Waals surface area contributed by atoms with Crippen LogP contribution in [0.1, 0.15) is 33.7 Å². The van der Waals surface area contributed by atoms with Gasteiger partial charge in [0.25, 0.3) is 5.91 Å². The molecule has 1 saturated heterocycles. The normalized spacial score (nSPS) is 18.2. The molecule has 0 saturated carbocycles. The number of aliphatic hydroxyl groups is 1. The molecule has 1 unspecified atom stereocenters. The molecule has 1 atom stereocenters. The van der Waals surface area contributed by atoms with E-state index < -0.39 is 23.8 Å². The van der Waals surface area contributed by atoms with Gasteiger partial charge in [-0.3, -0.25) is 4.79 Å². The zero-order valence-electron chi connectivity index (χ0n) is 16.8. The Morgan fingerprint density at radius 1 is 1.27 bits per heavy atom. The average Bonchev–Trinajstić information content (AvgIpc) is 3.12. The van der Waals surface area contributed by atoms with Crippen molar-refractivity contribution in [2.24, 2.45) is 5.16 Å². The number of nitrogens with zero attached hydrogens (tertiary/aromatic N) is 3. The van der Waals surface area contributed by atoms with E-state index in [9.17, 15) is 23.1 Å². The Kier molecular flexibility index (Phi) is 6.12. The molecule has 0 aliphatic carbocycles. The van der Waals surface area contributed by atoms with Gasteiger partial charge in [0.2, 0.25) is 0 Å². The van der Waals surface area contributed by atoms with Crippen LogP contribution in [0.2, 0.25) is 0 Å². The third-order valence-corrected chi connectivity index (χ3v) is 5.23. The lowest BCUT2D eigenvalue weighted by Gasteiger charge is -2.23. The Bertz CT molecular complexity index is 989. The van der Waals surface area contributed by atoms with Gasteiger partial charge in [-0.05, 0) is 42.7 Å². The molecule has 1 aliphatic heterocycles. The smallest absolute Gasteiger partial charge is 0.399 e. The van der Waals surface area contributed by atoms with Gasteiger partial charge in [-0.15, -0.1) is 0 Å². The van der Waals surface area contributed by atoms with Crippen LogP contribution in [0.25, 0.3) is 11.1 Å². The summed E-state index contributed by atoms with van der Waals surface area (Å²) in [5.41, 5.74) is 0.964. The maximum Gasteiger partial charge on any atom is 0.433 e. The maximum atomic E-state index is 13.8. The Morgan fingerprint density at radius 3 is 2.63 bits per heavy atom. The van der Waals surface area contributed by atoms with Gasteiger partial charge in [-0.1, -0.05) is 23.4 Å². The summed E-state index contributed by atoms with van der Waals surface area (Å²) in [6, 6.07) is 7.07. The summed E-state index contributed by atoms with van der Waals surface area (Å²) in [7, 11) is 1.36. The van der Waals surface area contributed by atoms with Crippen LogP contribution in [0.4, 0.5) is 13.2 Å². The molecule has 1 amide bonds. The minimum atomic E-state index is -4.74. The summed E-state index contributed by atoms with van der Waals surface area (Å²) >= 11 is 0. The molecule has 1 N–H and O–H groups in total. The second kappa shape index (κ2) is 8.43. The van der Waals surface area contributed by atoms with E-state index in [1.54, 1.807) is 19.1 Å². The number of hydrogen-bond acceptors (Lipinski definition) is 5. The number of amides is 1. The van der Waals surface area contributed by atoms with Crippen molar-refractivity contribution in [3.05, 3.63) is 52.8 Å². The number of aromatic nitrogens is 1. The van der Waals surface area contributed by atoms with Crippen molar-refractivity contribution in [2.75, 3.05) is 20.3 Å². The molecule has 0 bridgehead atoms. The first kappa shape index (κ1) is 21.8. The molecule has 3 rings (SSSR count). The number of halogens is 3. The standard InChI is InChI=1S/C21H22F3N3O3/c1-12-5-4-6-16(13(12)2)17-7-8-18(25-19(17)21(22,23)24)20(29)27-10-14(26-30-3)9-15(27)11-28/h4-8,15,28H,9-11H2,1-3H3/b26-14+. The summed E-state index contributed by atoms with van der Waals surface area (Å²) in [5.74, 6) is -0.701. The lowest BCUT2D eigenvalue weighted by atomic mass is 9.95. The third kappa shape index (κ3) is 4.16. The van der Waals surface area contributed by atoms with E-state index in [1.165, 1.54) is 24.1 Å². The molecular formula is C21H22F3N3O3. The highest BCUT2D eigenvalue weighted by molar-refractivity contribution is 5.99. The van der Waals surface area contributed by atoms with Gasteiger partial charge in [0, 0.05) is 12.0 Å². The van der Waals surface area contributed by atoms with Gasteiger partial charge in [0.05, 0.1) is 24.9 Å². The quantitative estimate of drug-likeness (QED) is 0.766. The van der Waals surface area contributed by atoms with Crippen molar-refractivity contribution < 1.29 is 27.9 Å². The van der Waals surface area contributed by atoms with E-state index >= 15 is 0 Å². The van der Waals surface area contributed by atoms with Crippen LogP contribution in [0.15, 0.2) is 35.5 Å². The van der Waals surface area contributed by atoms with E-state index in [2.05, 4.69) is 10.1 Å². The van der Waals surface area contributed by atoms with Crippen LogP contribution in [-0.2, 0) is 11.0 Å². The van der Waals surface area contributed by atoms with Crippen molar-refractivity contribution in [2.45, 2.75) is 32.5 Å². The summed E-state index contributed by atoms with van der Waals surface area (Å²) in [6.07, 6.45) is -4.46. The second-order valence-corrected chi connectivity index (χ2v) is 7.15. The Hall–Kier alpha value is -2.94. The highest BCUT2D eigenvalue weighted by Gasteiger charge is 2.39. The largest absolute Gasteiger partial charge is 0.433 e. The predicted octanol–water partition coefficient (Wildman–Crippen LogP) is 3.59. The number of likely N-dealkylation sites (tertiary alicyclic amines) is 1. The number of alkyl halides is 3. The lowest BCUT2D eigenvalue weighted by Crippen LogP contribution is -2.38. The minimum Gasteiger partial charge on any atom is -0.399 e. The molecule has 0 spiro atoms. The van der Waals surface area contributed by atoms with Crippen LogP contribution >= 0.6 is 0 Å². The van der Waals surface area contributed by atoms with E-state index in [1.807, 2.05) is 13.0 Å². The van der Waals surface area contributed by atoms with Crippen LogP contribution in [0.5, 0.6) is 0 Å². The number of hydrogen-bond donors (Lipinski definition) is 1. The highest BCUT2D eigenvalue weighted by atomic mass is 19.4. The fraction of sp³-hybridized carbons (Fsp3) is 0.381. The summed E-state index contributed by atoms with van der Waals surface area (Å²) in [4.78, 5) is 22.6. The number of aryl methyl sites for hydroxylation is 1. The fourth-order valence-corrected chi connectivity index (χ4v) is 3.57. The van der Waals surface area contributed by atoms with Crippen molar-refractivity contribution >= 4 is 11.6 Å². The highest BCUT2D eigenvalue weighted by Crippen LogP contribution is 2.37. The molecule has 160 valence electrons. The summed E-state index contributed by atoms with van der Waals surface area (Å²) in [5, 5.41) is 13.3. The molecule has 1 aliphatic rings. The minimum absolute atomic E-state index is 0.0552. The summed E-state index contributed by atoms with van der Waals surface area (Å²) < 4.78 is 41.5. The first-order chi connectivity index (χ1) is 14.2. The third-order valence-electron chi connectivity index (χ3n) is 5.23. The predicted molar refractivity (Wildman–Crippen MR) is 105 cm³/mol. The molecule has 1 fully saturated rings. The van der Waals surface area contributed by atoms with Gasteiger partial charge < -0.3 is 14.8 Å². The number of carbonyl (C=O) groups excluding carboxylic acids is 1. The zero-order valence-corrected chi connectivity index (χ0v) is 16.8. The Morgan fingerprint density at radius 2 is 2.00 bits per heavy atom. The number of pyridine rings is 1. The van der Waals surface area contributed by atoms with Gasteiger partial charge >= 0.3 is 6.18 Å². The molecule has 0 radical (unpaired) electrons. The summed E-state index contributed by atoms with van der Waals surface area (Å²) in [6.45, 7) is 3.27. The van der Waals surface area contributed by atoms with Crippen LogP contribution in [0, 0.1) is 13.8 Å². The number of rotatable bonds is 4. The van der Waals surface area contributed by atoms with Crippen LogP contribution in [-0.4, -0.2) is 52.9 Å². The van der Waals surface area contributed by atoms with Gasteiger partial charge in [0.1, 0.15) is 12.8 Å². The van der Waals surface area contributed by atoms with Gasteiger partial charge in [-0.2, -0.15) is 13.2 Å².